The van der Waals surface area contributed by atoms with Crippen LogP contribution in [0.4, 0.5) is 0 Å². The van der Waals surface area contributed by atoms with Crippen LogP contribution in [0.2, 0.25) is 0 Å². The summed E-state index contributed by atoms with van der Waals surface area (Å²) in [4.78, 5) is 26.3. The second-order valence-electron chi connectivity index (χ2n) is 6.29. The number of likely N-dealkylation sites (tertiary alicyclic amines) is 1. The molecule has 1 saturated heterocycles. The molecule has 1 fully saturated rings. The van der Waals surface area contributed by atoms with E-state index in [1.54, 1.807) is 4.90 Å². The normalized spacial score (nSPS) is 16.8. The molecule has 1 aliphatic rings. The summed E-state index contributed by atoms with van der Waals surface area (Å²) in [5, 5.41) is 5.93. The number of carbonyl (C=O) groups is 2. The van der Waals surface area contributed by atoms with Gasteiger partial charge in [-0.25, -0.2) is 4.79 Å². The molecule has 0 spiro atoms. The third kappa shape index (κ3) is 2.73. The standard InChI is InChI=1S/C20H18N2O4/c1-25-20(24)16-12-18(26-21-16)19(23)22-11-5-10-17(22)15-9-4-7-13-6-2-3-8-14(13)15/h2-4,6-9,12,17H,5,10-11H2,1H3. The predicted octanol–water partition coefficient (Wildman–Crippen LogP) is 3.59. The number of aromatic nitrogens is 1. The van der Waals surface area contributed by atoms with Crippen LogP contribution in [0.25, 0.3) is 10.8 Å². The molecule has 4 rings (SSSR count). The molecule has 6 nitrogen and oxygen atoms in total. The Balaban J connectivity index is 1.67. The minimum atomic E-state index is -0.625. The summed E-state index contributed by atoms with van der Waals surface area (Å²) < 4.78 is 9.70. The summed E-state index contributed by atoms with van der Waals surface area (Å²) in [6, 6.07) is 15.6. The molecule has 2 heterocycles. The van der Waals surface area contributed by atoms with Crippen molar-refractivity contribution in [1.82, 2.24) is 10.1 Å². The monoisotopic (exact) mass is 350 g/mol. The van der Waals surface area contributed by atoms with Crippen LogP contribution in [0.1, 0.15) is 45.5 Å². The van der Waals surface area contributed by atoms with Gasteiger partial charge in [0.15, 0.2) is 5.69 Å². The zero-order valence-corrected chi connectivity index (χ0v) is 14.3. The summed E-state index contributed by atoms with van der Waals surface area (Å²) in [6.07, 6.45) is 1.80. The molecule has 26 heavy (non-hydrogen) atoms. The van der Waals surface area contributed by atoms with Crippen LogP contribution in [0.15, 0.2) is 53.1 Å². The van der Waals surface area contributed by atoms with E-state index < -0.39 is 5.97 Å². The van der Waals surface area contributed by atoms with Gasteiger partial charge < -0.3 is 14.2 Å². The number of fused-ring (bicyclic) bond motifs is 1. The molecule has 132 valence electrons. The highest BCUT2D eigenvalue weighted by Gasteiger charge is 2.33. The number of ether oxygens (including phenoxy) is 1. The van der Waals surface area contributed by atoms with Crippen molar-refractivity contribution in [2.75, 3.05) is 13.7 Å². The van der Waals surface area contributed by atoms with Crippen LogP contribution >= 0.6 is 0 Å². The molecule has 3 aromatic rings. The van der Waals surface area contributed by atoms with E-state index in [4.69, 9.17) is 4.52 Å². The Morgan fingerprint density at radius 2 is 2.00 bits per heavy atom. The Bertz CT molecular complexity index is 973. The number of hydrogen-bond donors (Lipinski definition) is 0. The lowest BCUT2D eigenvalue weighted by Crippen LogP contribution is -2.30. The number of rotatable bonds is 3. The molecule has 2 aromatic carbocycles. The van der Waals surface area contributed by atoms with Gasteiger partial charge in [-0.05, 0) is 29.2 Å². The number of amides is 1. The van der Waals surface area contributed by atoms with Crippen LogP contribution in [-0.4, -0.2) is 35.6 Å². The van der Waals surface area contributed by atoms with Crippen molar-refractivity contribution < 1.29 is 18.8 Å². The maximum atomic E-state index is 12.9. The summed E-state index contributed by atoms with van der Waals surface area (Å²) in [6.45, 7) is 0.640. The highest BCUT2D eigenvalue weighted by atomic mass is 16.5. The second-order valence-corrected chi connectivity index (χ2v) is 6.29. The van der Waals surface area contributed by atoms with Crippen molar-refractivity contribution in [2.24, 2.45) is 0 Å². The Hall–Kier alpha value is -3.15. The molecule has 6 heteroatoms. The van der Waals surface area contributed by atoms with Crippen molar-refractivity contribution in [2.45, 2.75) is 18.9 Å². The number of benzene rings is 2. The first-order valence-electron chi connectivity index (χ1n) is 8.52. The van der Waals surface area contributed by atoms with Gasteiger partial charge in [0, 0.05) is 12.6 Å². The van der Waals surface area contributed by atoms with Gasteiger partial charge in [-0.3, -0.25) is 4.79 Å². The van der Waals surface area contributed by atoms with Gasteiger partial charge in [-0.15, -0.1) is 0 Å². The number of hydrogen-bond acceptors (Lipinski definition) is 5. The van der Waals surface area contributed by atoms with Crippen molar-refractivity contribution >= 4 is 22.6 Å². The zero-order valence-electron chi connectivity index (χ0n) is 14.3. The molecule has 1 atom stereocenters. The first kappa shape index (κ1) is 16.3. The van der Waals surface area contributed by atoms with Crippen LogP contribution < -0.4 is 0 Å². The molecule has 1 aromatic heterocycles. The van der Waals surface area contributed by atoms with Gasteiger partial charge in [0.25, 0.3) is 5.91 Å². The molecule has 1 unspecified atom stereocenters. The highest BCUT2D eigenvalue weighted by Crippen LogP contribution is 2.36. The van der Waals surface area contributed by atoms with Crippen LogP contribution in [0.3, 0.4) is 0 Å². The van der Waals surface area contributed by atoms with Gasteiger partial charge in [0.05, 0.1) is 13.2 Å². The zero-order chi connectivity index (χ0) is 18.1. The van der Waals surface area contributed by atoms with E-state index in [-0.39, 0.29) is 23.4 Å². The maximum absolute atomic E-state index is 12.9. The smallest absolute Gasteiger partial charge is 0.360 e. The van der Waals surface area contributed by atoms with Crippen LogP contribution in [0.5, 0.6) is 0 Å². The Kier molecular flexibility index (Phi) is 4.16. The molecule has 0 saturated carbocycles. The molecule has 0 aliphatic carbocycles. The van der Waals surface area contributed by atoms with Crippen molar-refractivity contribution in [1.29, 1.82) is 0 Å². The van der Waals surface area contributed by atoms with Gasteiger partial charge in [0.2, 0.25) is 5.76 Å². The third-order valence-electron chi connectivity index (χ3n) is 4.81. The van der Waals surface area contributed by atoms with E-state index in [1.165, 1.54) is 13.2 Å². The molecule has 1 amide bonds. The van der Waals surface area contributed by atoms with E-state index in [0.29, 0.717) is 6.54 Å². The number of methoxy groups -OCH3 is 1. The van der Waals surface area contributed by atoms with E-state index >= 15 is 0 Å². The van der Waals surface area contributed by atoms with E-state index in [9.17, 15) is 9.59 Å². The Morgan fingerprint density at radius 1 is 1.19 bits per heavy atom. The largest absolute Gasteiger partial charge is 0.464 e. The lowest BCUT2D eigenvalue weighted by atomic mass is 9.97. The highest BCUT2D eigenvalue weighted by molar-refractivity contribution is 5.96. The summed E-state index contributed by atoms with van der Waals surface area (Å²) in [5.41, 5.74) is 1.12. The molecule has 0 bridgehead atoms. The predicted molar refractivity (Wildman–Crippen MR) is 94.8 cm³/mol. The van der Waals surface area contributed by atoms with E-state index in [0.717, 1.165) is 29.2 Å². The quantitative estimate of drug-likeness (QED) is 0.675. The summed E-state index contributed by atoms with van der Waals surface area (Å²) >= 11 is 0. The number of nitrogens with zero attached hydrogens (tertiary/aromatic N) is 2. The van der Waals surface area contributed by atoms with Gasteiger partial charge in [-0.2, -0.15) is 0 Å². The topological polar surface area (TPSA) is 72.6 Å². The fourth-order valence-electron chi connectivity index (χ4n) is 3.59. The number of carbonyl (C=O) groups excluding carboxylic acids is 2. The van der Waals surface area contributed by atoms with Crippen LogP contribution in [0, 0.1) is 0 Å². The second kappa shape index (κ2) is 6.63. The Labute approximate surface area is 150 Å². The van der Waals surface area contributed by atoms with Crippen molar-refractivity contribution in [3.8, 4) is 0 Å². The molecule has 0 N–H and O–H groups in total. The van der Waals surface area contributed by atoms with Crippen molar-refractivity contribution in [3.05, 3.63) is 65.5 Å². The van der Waals surface area contributed by atoms with E-state index in [1.807, 2.05) is 18.2 Å². The SMILES string of the molecule is COC(=O)c1cc(C(=O)N2CCCC2c2cccc3ccccc23)on1. The maximum Gasteiger partial charge on any atom is 0.360 e. The lowest BCUT2D eigenvalue weighted by molar-refractivity contribution is 0.0586. The molecular weight excluding hydrogens is 332 g/mol. The van der Waals surface area contributed by atoms with Gasteiger partial charge in [-0.1, -0.05) is 47.6 Å². The molecule has 0 radical (unpaired) electrons. The average molecular weight is 350 g/mol. The van der Waals surface area contributed by atoms with Gasteiger partial charge >= 0.3 is 5.97 Å². The van der Waals surface area contributed by atoms with Gasteiger partial charge in [0.1, 0.15) is 0 Å². The number of esters is 1. The minimum absolute atomic E-state index is 0.00300. The first-order chi connectivity index (χ1) is 12.7. The Morgan fingerprint density at radius 3 is 2.85 bits per heavy atom. The van der Waals surface area contributed by atoms with Crippen molar-refractivity contribution in [3.63, 3.8) is 0 Å². The third-order valence-corrected chi connectivity index (χ3v) is 4.81. The van der Waals surface area contributed by atoms with E-state index in [2.05, 4.69) is 34.2 Å². The minimum Gasteiger partial charge on any atom is -0.464 e. The first-order valence-corrected chi connectivity index (χ1v) is 8.52. The average Bonchev–Trinajstić information content (AvgIpc) is 3.36. The molecular formula is C20H18N2O4. The van der Waals surface area contributed by atoms with Crippen LogP contribution in [-0.2, 0) is 4.74 Å². The fraction of sp³-hybridized carbons (Fsp3) is 0.250. The summed E-state index contributed by atoms with van der Waals surface area (Å²) in [7, 11) is 1.26. The molecule has 1 aliphatic heterocycles. The lowest BCUT2D eigenvalue weighted by Gasteiger charge is -2.25. The fourth-order valence-corrected chi connectivity index (χ4v) is 3.59. The summed E-state index contributed by atoms with van der Waals surface area (Å²) in [5.74, 6) is -0.833.